The number of rotatable bonds is 8. The van der Waals surface area contributed by atoms with Crippen LogP contribution in [0.25, 0.3) is 0 Å². The average molecular weight is 276 g/mol. The van der Waals surface area contributed by atoms with E-state index in [0.717, 1.165) is 37.0 Å². The van der Waals surface area contributed by atoms with Crippen LogP contribution in [0.4, 0.5) is 0 Å². The molecule has 1 aromatic carbocycles. The van der Waals surface area contributed by atoms with Crippen LogP contribution >= 0.6 is 0 Å². The number of carbonyl (C=O) groups is 1. The summed E-state index contributed by atoms with van der Waals surface area (Å²) in [5.41, 5.74) is 2.08. The van der Waals surface area contributed by atoms with Gasteiger partial charge in [0.05, 0.1) is 12.5 Å². The maximum atomic E-state index is 11.5. The van der Waals surface area contributed by atoms with Gasteiger partial charge in [0.25, 0.3) is 0 Å². The Labute approximate surface area is 121 Å². The lowest BCUT2D eigenvalue weighted by atomic mass is 9.92. The summed E-state index contributed by atoms with van der Waals surface area (Å²) in [5.74, 6) is -0.246. The number of hydrogen-bond acceptors (Lipinski definition) is 2. The monoisotopic (exact) mass is 276 g/mol. The molecule has 1 aliphatic rings. The predicted molar refractivity (Wildman–Crippen MR) is 79.4 cm³/mol. The molecule has 1 atom stereocenters. The number of benzene rings is 1. The highest BCUT2D eigenvalue weighted by Gasteiger charge is 2.22. The van der Waals surface area contributed by atoms with Gasteiger partial charge in [-0.1, -0.05) is 51.2 Å². The summed E-state index contributed by atoms with van der Waals surface area (Å²) < 4.78 is 5.53. The van der Waals surface area contributed by atoms with Crippen molar-refractivity contribution in [2.75, 3.05) is 6.61 Å². The van der Waals surface area contributed by atoms with E-state index in [4.69, 9.17) is 4.74 Å². The summed E-state index contributed by atoms with van der Waals surface area (Å²) in [6.45, 7) is 2.90. The molecule has 0 fully saturated rings. The number of hydrogen-bond donors (Lipinski definition) is 1. The summed E-state index contributed by atoms with van der Waals surface area (Å²) in [7, 11) is 0. The van der Waals surface area contributed by atoms with Crippen molar-refractivity contribution in [2.24, 2.45) is 0 Å². The second kappa shape index (κ2) is 7.32. The molecule has 0 bridgehead atoms. The Morgan fingerprint density at radius 3 is 2.85 bits per heavy atom. The van der Waals surface area contributed by atoms with Gasteiger partial charge in [-0.05, 0) is 23.6 Å². The summed E-state index contributed by atoms with van der Waals surface area (Å²) in [5, 5.41) is 9.44. The van der Waals surface area contributed by atoms with Crippen molar-refractivity contribution in [2.45, 2.75) is 57.8 Å². The van der Waals surface area contributed by atoms with Crippen LogP contribution < -0.4 is 4.74 Å². The van der Waals surface area contributed by atoms with E-state index in [1.807, 2.05) is 18.2 Å². The first kappa shape index (κ1) is 14.9. The zero-order chi connectivity index (χ0) is 14.4. The van der Waals surface area contributed by atoms with Gasteiger partial charge in [0.1, 0.15) is 5.75 Å². The molecule has 0 unspecified atom stereocenters. The molecule has 1 aromatic rings. The normalized spacial score (nSPS) is 14.7. The Balaban J connectivity index is 1.96. The van der Waals surface area contributed by atoms with Crippen LogP contribution in [-0.4, -0.2) is 17.7 Å². The van der Waals surface area contributed by atoms with Gasteiger partial charge in [0, 0.05) is 6.42 Å². The second-order valence-electron chi connectivity index (χ2n) is 5.56. The van der Waals surface area contributed by atoms with Crippen molar-refractivity contribution >= 4 is 5.97 Å². The molecule has 0 aromatic heterocycles. The number of carboxylic acid groups (broad SMARTS) is 1. The molecule has 0 aliphatic carbocycles. The molecule has 0 radical (unpaired) electrons. The Hall–Kier alpha value is -1.51. The lowest BCUT2D eigenvalue weighted by Crippen LogP contribution is -2.11. The zero-order valence-electron chi connectivity index (χ0n) is 12.2. The van der Waals surface area contributed by atoms with Gasteiger partial charge in [0.15, 0.2) is 0 Å². The van der Waals surface area contributed by atoms with E-state index in [1.54, 1.807) is 0 Å². The highest BCUT2D eigenvalue weighted by atomic mass is 16.5. The largest absolute Gasteiger partial charge is 0.493 e. The van der Waals surface area contributed by atoms with Gasteiger partial charge in [-0.25, -0.2) is 0 Å². The van der Waals surface area contributed by atoms with E-state index in [9.17, 15) is 9.90 Å². The molecule has 20 heavy (non-hydrogen) atoms. The fourth-order valence-electron chi connectivity index (χ4n) is 2.78. The number of aliphatic carboxylic acids is 1. The van der Waals surface area contributed by atoms with Crippen LogP contribution in [-0.2, 0) is 11.2 Å². The van der Waals surface area contributed by atoms with Gasteiger partial charge in [-0.3, -0.25) is 4.79 Å². The minimum atomic E-state index is -0.724. The maximum Gasteiger partial charge on any atom is 0.310 e. The molecule has 0 spiro atoms. The first-order valence-corrected chi connectivity index (χ1v) is 7.70. The third-order valence-corrected chi connectivity index (χ3v) is 4.02. The molecular formula is C17H24O3. The van der Waals surface area contributed by atoms with Gasteiger partial charge >= 0.3 is 5.97 Å². The molecule has 1 N–H and O–H groups in total. The number of ether oxygens (including phenoxy) is 1. The highest BCUT2D eigenvalue weighted by Crippen LogP contribution is 2.31. The minimum absolute atomic E-state index is 0.397. The van der Waals surface area contributed by atoms with Gasteiger partial charge in [0.2, 0.25) is 0 Å². The minimum Gasteiger partial charge on any atom is -0.493 e. The maximum absolute atomic E-state index is 11.5. The fraction of sp³-hybridized carbons (Fsp3) is 0.588. The SMILES string of the molecule is CCCCCCC[C@@H](C(=O)O)c1ccc2c(c1)OCC2. The molecular weight excluding hydrogens is 252 g/mol. The van der Waals surface area contributed by atoms with Gasteiger partial charge < -0.3 is 9.84 Å². The van der Waals surface area contributed by atoms with E-state index in [0.29, 0.717) is 6.61 Å². The quantitative estimate of drug-likeness (QED) is 0.725. The fourth-order valence-corrected chi connectivity index (χ4v) is 2.78. The molecule has 0 saturated carbocycles. The predicted octanol–water partition coefficient (Wildman–Crippen LogP) is 4.15. The van der Waals surface area contributed by atoms with Crippen LogP contribution in [0, 0.1) is 0 Å². The summed E-state index contributed by atoms with van der Waals surface area (Å²) >= 11 is 0. The van der Waals surface area contributed by atoms with E-state index >= 15 is 0 Å². The summed E-state index contributed by atoms with van der Waals surface area (Å²) in [6, 6.07) is 5.90. The van der Waals surface area contributed by atoms with E-state index in [1.165, 1.54) is 24.8 Å². The van der Waals surface area contributed by atoms with Crippen molar-refractivity contribution in [3.8, 4) is 5.75 Å². The molecule has 110 valence electrons. The molecule has 0 saturated heterocycles. The van der Waals surface area contributed by atoms with E-state index < -0.39 is 11.9 Å². The van der Waals surface area contributed by atoms with Crippen LogP contribution in [0.3, 0.4) is 0 Å². The topological polar surface area (TPSA) is 46.5 Å². The lowest BCUT2D eigenvalue weighted by Gasteiger charge is -2.13. The van der Waals surface area contributed by atoms with Crippen molar-refractivity contribution < 1.29 is 14.6 Å². The third kappa shape index (κ3) is 3.75. The van der Waals surface area contributed by atoms with Crippen LogP contribution in [0.1, 0.15) is 62.5 Å². The number of carboxylic acids is 1. The number of unbranched alkanes of at least 4 members (excludes halogenated alkanes) is 4. The van der Waals surface area contributed by atoms with Crippen molar-refractivity contribution in [3.05, 3.63) is 29.3 Å². The van der Waals surface area contributed by atoms with E-state index in [2.05, 4.69) is 6.92 Å². The molecule has 0 amide bonds. The molecule has 3 heteroatoms. The third-order valence-electron chi connectivity index (χ3n) is 4.02. The highest BCUT2D eigenvalue weighted by molar-refractivity contribution is 5.76. The molecule has 1 aliphatic heterocycles. The van der Waals surface area contributed by atoms with Crippen LogP contribution in [0.15, 0.2) is 18.2 Å². The first-order chi connectivity index (χ1) is 9.72. The summed E-state index contributed by atoms with van der Waals surface area (Å²) in [4.78, 5) is 11.5. The lowest BCUT2D eigenvalue weighted by molar-refractivity contribution is -0.139. The Morgan fingerprint density at radius 2 is 2.10 bits per heavy atom. The van der Waals surface area contributed by atoms with Crippen molar-refractivity contribution in [1.29, 1.82) is 0 Å². The summed E-state index contributed by atoms with van der Waals surface area (Å²) in [6.07, 6.45) is 7.42. The Kier molecular flexibility index (Phi) is 5.45. The number of fused-ring (bicyclic) bond motifs is 1. The average Bonchev–Trinajstić information content (AvgIpc) is 2.89. The molecule has 3 nitrogen and oxygen atoms in total. The molecule has 1 heterocycles. The van der Waals surface area contributed by atoms with Crippen molar-refractivity contribution in [3.63, 3.8) is 0 Å². The smallest absolute Gasteiger partial charge is 0.310 e. The Morgan fingerprint density at radius 1 is 1.30 bits per heavy atom. The van der Waals surface area contributed by atoms with Crippen LogP contribution in [0.2, 0.25) is 0 Å². The van der Waals surface area contributed by atoms with Crippen LogP contribution in [0.5, 0.6) is 5.75 Å². The van der Waals surface area contributed by atoms with E-state index in [-0.39, 0.29) is 0 Å². The Bertz CT molecular complexity index is 454. The second-order valence-corrected chi connectivity index (χ2v) is 5.56. The standard InChI is InChI=1S/C17H24O3/c1-2-3-4-5-6-7-15(17(18)19)14-9-8-13-10-11-20-16(13)12-14/h8-9,12,15H,2-7,10-11H2,1H3,(H,18,19)/t15-/m1/s1. The first-order valence-electron chi connectivity index (χ1n) is 7.70. The van der Waals surface area contributed by atoms with Gasteiger partial charge in [-0.2, -0.15) is 0 Å². The molecule has 2 rings (SSSR count). The van der Waals surface area contributed by atoms with Gasteiger partial charge in [-0.15, -0.1) is 0 Å². The zero-order valence-corrected chi connectivity index (χ0v) is 12.2. The van der Waals surface area contributed by atoms with Crippen molar-refractivity contribution in [1.82, 2.24) is 0 Å².